The molecule has 0 fully saturated rings. The number of amides is 1. The molecule has 1 aromatic heterocycles. The molecule has 84 valence electrons. The fourth-order valence-corrected chi connectivity index (χ4v) is 1.40. The van der Waals surface area contributed by atoms with E-state index in [1.807, 2.05) is 5.38 Å². The molecule has 0 unspecified atom stereocenters. The van der Waals surface area contributed by atoms with Crippen molar-refractivity contribution in [2.24, 2.45) is 5.92 Å². The van der Waals surface area contributed by atoms with E-state index in [2.05, 4.69) is 34.1 Å². The maximum Gasteiger partial charge on any atom is 0.233 e. The van der Waals surface area contributed by atoms with Gasteiger partial charge in [-0.3, -0.25) is 4.79 Å². The van der Waals surface area contributed by atoms with Crippen molar-refractivity contribution >= 4 is 17.4 Å². The van der Waals surface area contributed by atoms with Crippen LogP contribution in [0.4, 0.5) is 0 Å². The van der Waals surface area contributed by atoms with Gasteiger partial charge in [-0.1, -0.05) is 18.3 Å². The molecular formula is C9H16N4OS. The number of carbonyl (C=O) groups is 1. The summed E-state index contributed by atoms with van der Waals surface area (Å²) in [5, 5.41) is 11.6. The van der Waals surface area contributed by atoms with E-state index in [-0.39, 0.29) is 5.91 Å². The van der Waals surface area contributed by atoms with Crippen LogP contribution in [0.25, 0.3) is 0 Å². The molecule has 2 N–H and O–H groups in total. The van der Waals surface area contributed by atoms with Crippen LogP contribution in [0.15, 0.2) is 5.38 Å². The first-order valence-electron chi connectivity index (χ1n) is 4.92. The summed E-state index contributed by atoms with van der Waals surface area (Å²) in [4.78, 5) is 11.3. The molecule has 0 bridgehead atoms. The van der Waals surface area contributed by atoms with Gasteiger partial charge in [0.25, 0.3) is 0 Å². The summed E-state index contributed by atoms with van der Waals surface area (Å²) in [6.45, 7) is 5.76. The van der Waals surface area contributed by atoms with Crippen molar-refractivity contribution < 1.29 is 4.79 Å². The minimum Gasteiger partial charge on any atom is -0.355 e. The number of aromatic nitrogens is 2. The third-order valence-electron chi connectivity index (χ3n) is 1.70. The van der Waals surface area contributed by atoms with E-state index in [9.17, 15) is 4.79 Å². The van der Waals surface area contributed by atoms with Gasteiger partial charge in [0.1, 0.15) is 0 Å². The fourth-order valence-electron chi connectivity index (χ4n) is 0.946. The highest BCUT2D eigenvalue weighted by Gasteiger charge is 2.02. The van der Waals surface area contributed by atoms with E-state index < -0.39 is 0 Å². The van der Waals surface area contributed by atoms with Crippen LogP contribution in [0.3, 0.4) is 0 Å². The fraction of sp³-hybridized carbons (Fsp3) is 0.667. The maximum atomic E-state index is 11.3. The highest BCUT2D eigenvalue weighted by Crippen LogP contribution is 1.94. The van der Waals surface area contributed by atoms with E-state index >= 15 is 0 Å². The molecular weight excluding hydrogens is 212 g/mol. The summed E-state index contributed by atoms with van der Waals surface area (Å²) in [6, 6.07) is 0. The van der Waals surface area contributed by atoms with Gasteiger partial charge in [0, 0.05) is 18.5 Å². The Hall–Kier alpha value is -1.01. The number of hydrogen-bond donors (Lipinski definition) is 2. The largest absolute Gasteiger partial charge is 0.355 e. The molecule has 5 nitrogen and oxygen atoms in total. The molecule has 0 radical (unpaired) electrons. The van der Waals surface area contributed by atoms with Gasteiger partial charge >= 0.3 is 0 Å². The minimum absolute atomic E-state index is 0.0203. The van der Waals surface area contributed by atoms with Crippen LogP contribution in [0, 0.1) is 5.92 Å². The number of hydrogen-bond acceptors (Lipinski definition) is 5. The standard InChI is InChI=1S/C9H16N4OS/c1-7(2)3-11-9(14)5-10-4-8-6-15-13-12-8/h6-7,10H,3-5H2,1-2H3,(H,11,14). The minimum atomic E-state index is 0.0203. The van der Waals surface area contributed by atoms with Crippen molar-refractivity contribution in [1.82, 2.24) is 20.2 Å². The van der Waals surface area contributed by atoms with E-state index in [0.717, 1.165) is 12.2 Å². The molecule has 1 aromatic rings. The first-order chi connectivity index (χ1) is 7.18. The Morgan fingerprint density at radius 2 is 2.40 bits per heavy atom. The van der Waals surface area contributed by atoms with Crippen LogP contribution in [0.5, 0.6) is 0 Å². The predicted molar refractivity (Wildman–Crippen MR) is 59.5 cm³/mol. The van der Waals surface area contributed by atoms with Crippen molar-refractivity contribution in [3.63, 3.8) is 0 Å². The normalized spacial score (nSPS) is 10.6. The number of nitrogens with one attached hydrogen (secondary N) is 2. The average molecular weight is 228 g/mol. The van der Waals surface area contributed by atoms with Gasteiger partial charge in [-0.15, -0.1) is 5.10 Å². The molecule has 0 atom stereocenters. The van der Waals surface area contributed by atoms with E-state index in [0.29, 0.717) is 19.0 Å². The Balaban J connectivity index is 2.07. The monoisotopic (exact) mass is 228 g/mol. The van der Waals surface area contributed by atoms with Crippen molar-refractivity contribution in [2.45, 2.75) is 20.4 Å². The Morgan fingerprint density at radius 1 is 1.60 bits per heavy atom. The van der Waals surface area contributed by atoms with Crippen molar-refractivity contribution in [1.29, 1.82) is 0 Å². The van der Waals surface area contributed by atoms with Crippen LogP contribution in [-0.2, 0) is 11.3 Å². The number of carbonyl (C=O) groups excluding carboxylic acids is 1. The van der Waals surface area contributed by atoms with Gasteiger partial charge in [-0.25, -0.2) is 0 Å². The van der Waals surface area contributed by atoms with Crippen molar-refractivity contribution in [3.05, 3.63) is 11.1 Å². The third-order valence-corrected chi connectivity index (χ3v) is 2.26. The molecule has 15 heavy (non-hydrogen) atoms. The highest BCUT2D eigenvalue weighted by molar-refractivity contribution is 7.03. The van der Waals surface area contributed by atoms with Crippen molar-refractivity contribution in [2.75, 3.05) is 13.1 Å². The summed E-state index contributed by atoms with van der Waals surface area (Å²) < 4.78 is 3.73. The molecule has 0 spiro atoms. The molecule has 0 saturated heterocycles. The molecule has 1 rings (SSSR count). The molecule has 0 aromatic carbocycles. The van der Waals surface area contributed by atoms with Gasteiger partial charge in [0.15, 0.2) is 0 Å². The summed E-state index contributed by atoms with van der Waals surface area (Å²) in [7, 11) is 0. The second kappa shape index (κ2) is 6.47. The molecule has 0 saturated carbocycles. The van der Waals surface area contributed by atoms with Crippen LogP contribution < -0.4 is 10.6 Å². The zero-order valence-corrected chi connectivity index (χ0v) is 9.80. The summed E-state index contributed by atoms with van der Waals surface area (Å²) in [5.74, 6) is 0.503. The lowest BCUT2D eigenvalue weighted by Gasteiger charge is -2.07. The third kappa shape index (κ3) is 5.44. The SMILES string of the molecule is CC(C)CNC(=O)CNCc1csnn1. The van der Waals surface area contributed by atoms with E-state index in [4.69, 9.17) is 0 Å². The molecule has 0 aliphatic heterocycles. The van der Waals surface area contributed by atoms with Gasteiger partial charge in [0.2, 0.25) is 5.91 Å². The Morgan fingerprint density at radius 3 is 3.00 bits per heavy atom. The number of rotatable bonds is 6. The molecule has 0 aliphatic carbocycles. The van der Waals surface area contributed by atoms with Crippen LogP contribution in [-0.4, -0.2) is 28.6 Å². The van der Waals surface area contributed by atoms with Gasteiger partial charge < -0.3 is 10.6 Å². The number of nitrogens with zero attached hydrogens (tertiary/aromatic N) is 2. The second-order valence-corrected chi connectivity index (χ2v) is 4.31. The van der Waals surface area contributed by atoms with Crippen LogP contribution in [0.1, 0.15) is 19.5 Å². The smallest absolute Gasteiger partial charge is 0.233 e. The molecule has 0 aliphatic rings. The van der Waals surface area contributed by atoms with Crippen LogP contribution in [0.2, 0.25) is 0 Å². The Kier molecular flexibility index (Phi) is 5.20. The molecule has 6 heteroatoms. The molecule has 1 amide bonds. The first-order valence-corrected chi connectivity index (χ1v) is 5.75. The average Bonchev–Trinajstić information content (AvgIpc) is 2.67. The predicted octanol–water partition coefficient (Wildman–Crippen LogP) is 0.400. The zero-order chi connectivity index (χ0) is 11.1. The first kappa shape index (κ1) is 12.1. The van der Waals surface area contributed by atoms with E-state index in [1.165, 1.54) is 11.5 Å². The Bertz CT molecular complexity index is 286. The van der Waals surface area contributed by atoms with E-state index in [1.54, 1.807) is 0 Å². The summed E-state index contributed by atoms with van der Waals surface area (Å²) in [6.07, 6.45) is 0. The summed E-state index contributed by atoms with van der Waals surface area (Å²) >= 11 is 1.31. The maximum absolute atomic E-state index is 11.3. The molecule has 1 heterocycles. The topological polar surface area (TPSA) is 66.9 Å². The lowest BCUT2D eigenvalue weighted by molar-refractivity contribution is -0.120. The van der Waals surface area contributed by atoms with Crippen molar-refractivity contribution in [3.8, 4) is 0 Å². The highest BCUT2D eigenvalue weighted by atomic mass is 32.1. The van der Waals surface area contributed by atoms with Gasteiger partial charge in [-0.05, 0) is 17.5 Å². The summed E-state index contributed by atoms with van der Waals surface area (Å²) in [5.41, 5.74) is 0.872. The van der Waals surface area contributed by atoms with Gasteiger partial charge in [-0.2, -0.15) is 0 Å². The lowest BCUT2D eigenvalue weighted by atomic mass is 10.2. The quantitative estimate of drug-likeness (QED) is 0.739. The Labute approximate surface area is 93.4 Å². The second-order valence-electron chi connectivity index (χ2n) is 3.70. The van der Waals surface area contributed by atoms with Gasteiger partial charge in [0.05, 0.1) is 12.2 Å². The zero-order valence-electron chi connectivity index (χ0n) is 8.99. The van der Waals surface area contributed by atoms with Crippen LogP contribution >= 0.6 is 11.5 Å². The lowest BCUT2D eigenvalue weighted by Crippen LogP contribution is -2.35.